The second kappa shape index (κ2) is 2.49. The van der Waals surface area contributed by atoms with Crippen LogP contribution in [0.3, 0.4) is 0 Å². The predicted octanol–water partition coefficient (Wildman–Crippen LogP) is 1.62. The van der Waals surface area contributed by atoms with Crippen molar-refractivity contribution in [1.29, 1.82) is 0 Å². The molecule has 0 unspecified atom stereocenters. The van der Waals surface area contributed by atoms with Gasteiger partial charge in [-0.3, -0.25) is 0 Å². The molecule has 1 fully saturated rings. The van der Waals surface area contributed by atoms with E-state index in [9.17, 15) is 8.78 Å². The van der Waals surface area contributed by atoms with Crippen molar-refractivity contribution >= 4 is 0 Å². The topological polar surface area (TPSA) is 0 Å². The van der Waals surface area contributed by atoms with E-state index in [0.717, 1.165) is 0 Å². The minimum absolute atomic E-state index is 0. The van der Waals surface area contributed by atoms with Crippen molar-refractivity contribution in [1.82, 2.24) is 0 Å². The van der Waals surface area contributed by atoms with Crippen LogP contribution in [-0.4, -0.2) is 5.92 Å². The Morgan fingerprint density at radius 1 is 1.29 bits per heavy atom. The second-order valence-electron chi connectivity index (χ2n) is 1.55. The zero-order chi connectivity index (χ0) is 4.62. The Hall–Kier alpha value is 0.964. The maximum Gasteiger partial charge on any atom is 0.195 e. The zero-order valence-electron chi connectivity index (χ0n) is 3.82. The number of halogens is 2. The van der Waals surface area contributed by atoms with E-state index in [2.05, 4.69) is 0 Å². The predicted molar refractivity (Wildman–Crippen MR) is 18.5 cm³/mol. The molecule has 0 amide bonds. The number of rotatable bonds is 0. The fraction of sp³-hybridized carbons (Fsp3) is 0.750. The van der Waals surface area contributed by atoms with E-state index in [-0.39, 0.29) is 45.6 Å². The van der Waals surface area contributed by atoms with Crippen molar-refractivity contribution in [2.75, 3.05) is 0 Å². The molecule has 0 saturated heterocycles. The molecule has 0 atom stereocenters. The average molecular weight is 180 g/mol. The Bertz CT molecular complexity index is 56.7. The summed E-state index contributed by atoms with van der Waals surface area (Å²) >= 11 is 0. The van der Waals surface area contributed by atoms with E-state index < -0.39 is 5.92 Å². The van der Waals surface area contributed by atoms with E-state index in [1.165, 1.54) is 0 Å². The van der Waals surface area contributed by atoms with Crippen LogP contribution in [-0.2, 0) is 32.7 Å². The summed E-state index contributed by atoms with van der Waals surface area (Å²) in [6, 6.07) is 0. The first-order valence-electron chi connectivity index (χ1n) is 1.90. The minimum atomic E-state index is -2.33. The summed E-state index contributed by atoms with van der Waals surface area (Å²) in [6.07, 6.45) is 1.57. The van der Waals surface area contributed by atoms with Crippen molar-refractivity contribution in [2.24, 2.45) is 0 Å². The molecular weight excluding hydrogens is 175 g/mol. The Balaban J connectivity index is 0.000000360. The Kier molecular flexibility index (Phi) is 2.84. The van der Waals surface area contributed by atoms with Gasteiger partial charge in [0.15, 0.2) is 5.92 Å². The van der Waals surface area contributed by atoms with Crippen molar-refractivity contribution in [3.05, 3.63) is 6.42 Å². The van der Waals surface area contributed by atoms with Crippen LogP contribution in [0.25, 0.3) is 0 Å². The van der Waals surface area contributed by atoms with Gasteiger partial charge in [0.25, 0.3) is 0 Å². The molecule has 1 aliphatic carbocycles. The first kappa shape index (κ1) is 7.96. The van der Waals surface area contributed by atoms with Crippen LogP contribution in [0.2, 0.25) is 0 Å². The summed E-state index contributed by atoms with van der Waals surface area (Å²) in [4.78, 5) is 0. The molecule has 0 spiro atoms. The van der Waals surface area contributed by atoms with Gasteiger partial charge < -0.3 is 6.42 Å². The molecule has 0 aromatic heterocycles. The summed E-state index contributed by atoms with van der Waals surface area (Å²) in [5.74, 6) is -2.33. The third-order valence-electron chi connectivity index (χ3n) is 0.886. The Morgan fingerprint density at radius 2 is 1.57 bits per heavy atom. The summed E-state index contributed by atoms with van der Waals surface area (Å²) in [6.45, 7) is 0. The second-order valence-corrected chi connectivity index (χ2v) is 1.55. The van der Waals surface area contributed by atoms with Gasteiger partial charge in [-0.2, -0.15) is 0 Å². The van der Waals surface area contributed by atoms with Crippen LogP contribution < -0.4 is 0 Å². The third kappa shape index (κ3) is 2.14. The number of hydrogen-bond acceptors (Lipinski definition) is 0. The standard InChI is InChI=1S/C4H5F2.Y/c5-4(6)2-1-3-4;/h1H,2-3H2;/q-1;. The van der Waals surface area contributed by atoms with Crippen LogP contribution in [0.5, 0.6) is 0 Å². The van der Waals surface area contributed by atoms with Crippen LogP contribution in [0.4, 0.5) is 8.78 Å². The van der Waals surface area contributed by atoms with Crippen molar-refractivity contribution in [3.8, 4) is 0 Å². The van der Waals surface area contributed by atoms with Gasteiger partial charge in [0.2, 0.25) is 0 Å². The molecule has 1 saturated carbocycles. The first-order chi connectivity index (χ1) is 2.71. The largest absolute Gasteiger partial charge is 0.317 e. The molecule has 1 aliphatic rings. The normalized spacial score (nSPS) is 24.9. The SMILES string of the molecule is FC1(F)C[CH-]C1.[Y]. The first-order valence-corrected chi connectivity index (χ1v) is 1.90. The molecular formula is C4H5F2Y-. The molecule has 1 rings (SSSR count). The Labute approximate surface area is 66.5 Å². The Morgan fingerprint density at radius 3 is 1.57 bits per heavy atom. The van der Waals surface area contributed by atoms with Crippen LogP contribution >= 0.6 is 0 Å². The summed E-state index contributed by atoms with van der Waals surface area (Å²) in [5, 5.41) is 0. The molecule has 0 aromatic rings. The molecule has 0 aliphatic heterocycles. The molecule has 0 heterocycles. The van der Waals surface area contributed by atoms with E-state index >= 15 is 0 Å². The van der Waals surface area contributed by atoms with Gasteiger partial charge in [-0.05, 0) is 0 Å². The smallest absolute Gasteiger partial charge is 0.195 e. The summed E-state index contributed by atoms with van der Waals surface area (Å²) in [5.41, 5.74) is 0. The number of alkyl halides is 2. The van der Waals surface area contributed by atoms with E-state index in [1.807, 2.05) is 0 Å². The van der Waals surface area contributed by atoms with E-state index in [1.54, 1.807) is 6.42 Å². The molecule has 0 nitrogen and oxygen atoms in total. The summed E-state index contributed by atoms with van der Waals surface area (Å²) in [7, 11) is 0. The molecule has 7 heavy (non-hydrogen) atoms. The average Bonchev–Trinajstić information content (AvgIpc) is 1.32. The molecule has 0 bridgehead atoms. The van der Waals surface area contributed by atoms with Gasteiger partial charge in [-0.1, -0.05) is 0 Å². The molecule has 1 radical (unpaired) electrons. The maximum absolute atomic E-state index is 11.5. The van der Waals surface area contributed by atoms with Gasteiger partial charge >= 0.3 is 0 Å². The monoisotopic (exact) mass is 180 g/mol. The molecule has 0 aromatic carbocycles. The third-order valence-corrected chi connectivity index (χ3v) is 0.886. The van der Waals surface area contributed by atoms with E-state index in [4.69, 9.17) is 0 Å². The van der Waals surface area contributed by atoms with Gasteiger partial charge in [-0.15, -0.1) is 12.8 Å². The maximum atomic E-state index is 11.5. The number of hydrogen-bond donors (Lipinski definition) is 0. The zero-order valence-corrected chi connectivity index (χ0v) is 6.66. The quantitative estimate of drug-likeness (QED) is 0.497. The molecule has 39 valence electrons. The van der Waals surface area contributed by atoms with Gasteiger partial charge in [-0.25, -0.2) is 8.78 Å². The molecule has 3 heteroatoms. The van der Waals surface area contributed by atoms with Crippen LogP contribution in [0.15, 0.2) is 0 Å². The fourth-order valence-corrected chi connectivity index (χ4v) is 0.363. The molecule has 0 N–H and O–H groups in total. The van der Waals surface area contributed by atoms with Crippen molar-refractivity contribution in [2.45, 2.75) is 18.8 Å². The van der Waals surface area contributed by atoms with Crippen LogP contribution in [0, 0.1) is 6.42 Å². The minimum Gasteiger partial charge on any atom is -0.317 e. The van der Waals surface area contributed by atoms with E-state index in [0.29, 0.717) is 0 Å². The van der Waals surface area contributed by atoms with Gasteiger partial charge in [0, 0.05) is 32.7 Å². The fourth-order valence-electron chi connectivity index (χ4n) is 0.363. The summed E-state index contributed by atoms with van der Waals surface area (Å²) < 4.78 is 23.0. The van der Waals surface area contributed by atoms with Crippen LogP contribution in [0.1, 0.15) is 12.8 Å². The van der Waals surface area contributed by atoms with Gasteiger partial charge in [0.1, 0.15) is 0 Å². The van der Waals surface area contributed by atoms with Gasteiger partial charge in [0.05, 0.1) is 0 Å². The van der Waals surface area contributed by atoms with Crippen molar-refractivity contribution in [3.63, 3.8) is 0 Å². The van der Waals surface area contributed by atoms with Crippen molar-refractivity contribution < 1.29 is 41.5 Å².